The lowest BCUT2D eigenvalue weighted by atomic mass is 10.1. The summed E-state index contributed by atoms with van der Waals surface area (Å²) in [7, 11) is 1.94. The van der Waals surface area contributed by atoms with E-state index >= 15 is 0 Å². The Morgan fingerprint density at radius 1 is 1.04 bits per heavy atom. The highest BCUT2D eigenvalue weighted by atomic mass is 19.1. The number of ketones is 1. The molecule has 1 saturated heterocycles. The Bertz CT molecular complexity index is 833. The van der Waals surface area contributed by atoms with Crippen LogP contribution in [-0.4, -0.2) is 61.3 Å². The summed E-state index contributed by atoms with van der Waals surface area (Å²) in [5.74, 6) is -0.457. The number of hydrogen-bond donors (Lipinski definition) is 0. The summed E-state index contributed by atoms with van der Waals surface area (Å²) in [5.41, 5.74) is 2.03. The molecule has 0 N–H and O–H groups in total. The van der Waals surface area contributed by atoms with Gasteiger partial charge in [0, 0.05) is 38.3 Å². The SMILES string of the molecule is CC(=O)c1ccc(N2CCN(C(=O)CN(C)Cc3ccccc3)CC2)c(F)c1. The number of amides is 1. The molecule has 1 aliphatic rings. The van der Waals surface area contributed by atoms with Crippen molar-refractivity contribution in [3.05, 3.63) is 65.5 Å². The fraction of sp³-hybridized carbons (Fsp3) is 0.364. The first-order valence-corrected chi connectivity index (χ1v) is 9.49. The molecule has 0 saturated carbocycles. The molecular formula is C22H26FN3O2. The van der Waals surface area contributed by atoms with Gasteiger partial charge in [-0.1, -0.05) is 30.3 Å². The second-order valence-corrected chi connectivity index (χ2v) is 7.25. The second kappa shape index (κ2) is 8.97. The topological polar surface area (TPSA) is 43.9 Å². The summed E-state index contributed by atoms with van der Waals surface area (Å²) in [5, 5.41) is 0. The first-order chi connectivity index (χ1) is 13.4. The van der Waals surface area contributed by atoms with Gasteiger partial charge in [-0.15, -0.1) is 0 Å². The van der Waals surface area contributed by atoms with Crippen LogP contribution < -0.4 is 4.90 Å². The maximum absolute atomic E-state index is 14.3. The van der Waals surface area contributed by atoms with Gasteiger partial charge in [0.25, 0.3) is 0 Å². The molecule has 148 valence electrons. The highest BCUT2D eigenvalue weighted by molar-refractivity contribution is 5.94. The third-order valence-electron chi connectivity index (χ3n) is 5.03. The Kier molecular flexibility index (Phi) is 6.41. The molecule has 1 amide bonds. The van der Waals surface area contributed by atoms with Crippen molar-refractivity contribution in [1.82, 2.24) is 9.80 Å². The van der Waals surface area contributed by atoms with E-state index in [4.69, 9.17) is 0 Å². The first-order valence-electron chi connectivity index (χ1n) is 9.49. The van der Waals surface area contributed by atoms with Gasteiger partial charge in [-0.2, -0.15) is 0 Å². The molecule has 28 heavy (non-hydrogen) atoms. The summed E-state index contributed by atoms with van der Waals surface area (Å²) >= 11 is 0. The number of benzene rings is 2. The average Bonchev–Trinajstić information content (AvgIpc) is 2.68. The van der Waals surface area contributed by atoms with Crippen LogP contribution in [0.4, 0.5) is 10.1 Å². The molecule has 1 fully saturated rings. The van der Waals surface area contributed by atoms with E-state index in [1.807, 2.05) is 52.1 Å². The molecule has 6 heteroatoms. The lowest BCUT2D eigenvalue weighted by molar-refractivity contribution is -0.132. The zero-order chi connectivity index (χ0) is 20.1. The minimum absolute atomic E-state index is 0.0884. The standard InChI is InChI=1S/C22H26FN3O2/c1-17(27)19-8-9-21(20(23)14-19)25-10-12-26(13-11-25)22(28)16-24(2)15-18-6-4-3-5-7-18/h3-9,14H,10-13,15-16H2,1-2H3. The molecular weight excluding hydrogens is 357 g/mol. The summed E-state index contributed by atoms with van der Waals surface area (Å²) in [6, 6.07) is 14.6. The van der Waals surface area contributed by atoms with Crippen molar-refractivity contribution in [3.8, 4) is 0 Å². The van der Waals surface area contributed by atoms with E-state index in [0.717, 1.165) is 6.54 Å². The number of hydrogen-bond acceptors (Lipinski definition) is 4. The van der Waals surface area contributed by atoms with Crippen LogP contribution in [0, 0.1) is 5.82 Å². The Morgan fingerprint density at radius 3 is 2.32 bits per heavy atom. The summed E-state index contributed by atoms with van der Waals surface area (Å²) in [4.78, 5) is 29.7. The Hall–Kier alpha value is -2.73. The van der Waals surface area contributed by atoms with Crippen LogP contribution in [-0.2, 0) is 11.3 Å². The molecule has 5 nitrogen and oxygen atoms in total. The number of likely N-dealkylation sites (N-methyl/N-ethyl adjacent to an activating group) is 1. The van der Waals surface area contributed by atoms with Gasteiger partial charge in [-0.25, -0.2) is 4.39 Å². The highest BCUT2D eigenvalue weighted by Gasteiger charge is 2.23. The van der Waals surface area contributed by atoms with Crippen LogP contribution in [0.25, 0.3) is 0 Å². The number of halogens is 1. The maximum Gasteiger partial charge on any atom is 0.236 e. The van der Waals surface area contributed by atoms with Crippen LogP contribution in [0.5, 0.6) is 0 Å². The van der Waals surface area contributed by atoms with Gasteiger partial charge >= 0.3 is 0 Å². The van der Waals surface area contributed by atoms with Crippen molar-refractivity contribution in [2.45, 2.75) is 13.5 Å². The third kappa shape index (κ3) is 4.95. The zero-order valence-electron chi connectivity index (χ0n) is 16.4. The van der Waals surface area contributed by atoms with Crippen LogP contribution in [0.2, 0.25) is 0 Å². The predicted molar refractivity (Wildman–Crippen MR) is 108 cm³/mol. The largest absolute Gasteiger partial charge is 0.366 e. The quantitative estimate of drug-likeness (QED) is 0.720. The zero-order valence-corrected chi connectivity index (χ0v) is 16.4. The van der Waals surface area contributed by atoms with E-state index in [2.05, 4.69) is 0 Å². The number of carbonyl (C=O) groups is 2. The number of carbonyl (C=O) groups excluding carboxylic acids is 2. The van der Waals surface area contributed by atoms with Crippen molar-refractivity contribution in [3.63, 3.8) is 0 Å². The van der Waals surface area contributed by atoms with Crippen LogP contribution in [0.1, 0.15) is 22.8 Å². The molecule has 0 aliphatic carbocycles. The van der Waals surface area contributed by atoms with Crippen molar-refractivity contribution in [2.24, 2.45) is 0 Å². The number of piperazine rings is 1. The van der Waals surface area contributed by atoms with Gasteiger partial charge < -0.3 is 9.80 Å². The molecule has 1 aliphatic heterocycles. The minimum atomic E-state index is -0.393. The molecule has 2 aromatic carbocycles. The molecule has 0 aromatic heterocycles. The van der Waals surface area contributed by atoms with Crippen molar-refractivity contribution < 1.29 is 14.0 Å². The van der Waals surface area contributed by atoms with Gasteiger partial charge in [0.2, 0.25) is 5.91 Å². The van der Waals surface area contributed by atoms with Crippen LogP contribution in [0.3, 0.4) is 0 Å². The van der Waals surface area contributed by atoms with Gasteiger partial charge in [0.1, 0.15) is 5.82 Å². The summed E-state index contributed by atoms with van der Waals surface area (Å²) in [6.45, 7) is 4.78. The Labute approximate surface area is 165 Å². The van der Waals surface area contributed by atoms with Crippen LogP contribution in [0.15, 0.2) is 48.5 Å². The van der Waals surface area contributed by atoms with Crippen molar-refractivity contribution in [1.29, 1.82) is 0 Å². The fourth-order valence-electron chi connectivity index (χ4n) is 3.46. The normalized spacial score (nSPS) is 14.4. The molecule has 0 bridgehead atoms. The maximum atomic E-state index is 14.3. The first kappa shape index (κ1) is 20.0. The van der Waals surface area contributed by atoms with E-state index in [1.54, 1.807) is 12.1 Å². The van der Waals surface area contributed by atoms with Gasteiger partial charge in [-0.05, 0) is 37.7 Å². The predicted octanol–water partition coefficient (Wildman–Crippen LogP) is 2.81. The van der Waals surface area contributed by atoms with Crippen molar-refractivity contribution >= 4 is 17.4 Å². The number of Topliss-reactive ketones (excluding diaryl/α,β-unsaturated/α-hetero) is 1. The van der Waals surface area contributed by atoms with E-state index in [9.17, 15) is 14.0 Å². The third-order valence-corrected chi connectivity index (χ3v) is 5.03. The van der Waals surface area contributed by atoms with Crippen LogP contribution >= 0.6 is 0 Å². The highest BCUT2D eigenvalue weighted by Crippen LogP contribution is 2.22. The summed E-state index contributed by atoms with van der Waals surface area (Å²) < 4.78 is 14.3. The minimum Gasteiger partial charge on any atom is -0.366 e. The number of anilines is 1. The van der Waals surface area contributed by atoms with E-state index < -0.39 is 5.82 Å². The van der Waals surface area contributed by atoms with Crippen molar-refractivity contribution in [2.75, 3.05) is 44.7 Å². The molecule has 0 atom stereocenters. The van der Waals surface area contributed by atoms with E-state index in [1.165, 1.54) is 18.6 Å². The number of nitrogens with zero attached hydrogens (tertiary/aromatic N) is 3. The average molecular weight is 383 g/mol. The Balaban J connectivity index is 1.52. The monoisotopic (exact) mass is 383 g/mol. The van der Waals surface area contributed by atoms with E-state index in [0.29, 0.717) is 44.0 Å². The Morgan fingerprint density at radius 2 is 1.71 bits per heavy atom. The molecule has 3 rings (SSSR count). The molecule has 1 heterocycles. The van der Waals surface area contributed by atoms with Gasteiger partial charge in [0.15, 0.2) is 5.78 Å². The number of rotatable bonds is 6. The smallest absolute Gasteiger partial charge is 0.236 e. The molecule has 0 unspecified atom stereocenters. The molecule has 0 spiro atoms. The lowest BCUT2D eigenvalue weighted by Gasteiger charge is -2.37. The summed E-state index contributed by atoms with van der Waals surface area (Å²) in [6.07, 6.45) is 0. The second-order valence-electron chi connectivity index (χ2n) is 7.25. The van der Waals surface area contributed by atoms with E-state index in [-0.39, 0.29) is 11.7 Å². The lowest BCUT2D eigenvalue weighted by Crippen LogP contribution is -2.51. The molecule has 2 aromatic rings. The fourth-order valence-corrected chi connectivity index (χ4v) is 3.46. The molecule has 0 radical (unpaired) electrons. The van der Waals surface area contributed by atoms with Gasteiger partial charge in [0.05, 0.1) is 12.2 Å². The van der Waals surface area contributed by atoms with Gasteiger partial charge in [-0.3, -0.25) is 14.5 Å².